The number of carbonyl (C=O) groups is 4. The van der Waals surface area contributed by atoms with Gasteiger partial charge in [-0.2, -0.15) is 8.42 Å². The molecule has 3 heterocycles. The Hall–Kier alpha value is -3.57. The normalized spacial score (nSPS) is 24.8. The van der Waals surface area contributed by atoms with Crippen LogP contribution in [0.15, 0.2) is 24.3 Å². The maximum absolute atomic E-state index is 14.8. The molecule has 2 saturated heterocycles. The van der Waals surface area contributed by atoms with E-state index in [-0.39, 0.29) is 31.7 Å². The first-order valence-corrected chi connectivity index (χ1v) is 22.8. The van der Waals surface area contributed by atoms with Crippen molar-refractivity contribution < 1.29 is 50.7 Å². The minimum Gasteiger partial charge on any atom is -0.488 e. The molecule has 60 heavy (non-hydrogen) atoms. The zero-order valence-corrected chi connectivity index (χ0v) is 37.7. The zero-order chi connectivity index (χ0) is 43.8. The number of pyridine rings is 1. The lowest BCUT2D eigenvalue weighted by molar-refractivity contribution is -0.161. The lowest BCUT2D eigenvalue weighted by atomic mass is 9.77. The molecule has 2 aliphatic carbocycles. The zero-order valence-electron chi connectivity index (χ0n) is 36.1. The fourth-order valence-corrected chi connectivity index (χ4v) is 9.63. The summed E-state index contributed by atoms with van der Waals surface area (Å²) in [4.78, 5) is 64.9. The first kappa shape index (κ1) is 45.9. The number of Topliss-reactive ketones (excluding diaryl/α,β-unsaturated/α-hetero) is 1. The second-order valence-electron chi connectivity index (χ2n) is 19.1. The summed E-state index contributed by atoms with van der Waals surface area (Å²) < 4.78 is 57.1. The van der Waals surface area contributed by atoms with Gasteiger partial charge >= 0.3 is 16.3 Å². The van der Waals surface area contributed by atoms with Crippen LogP contribution in [0.4, 0.5) is 0 Å². The van der Waals surface area contributed by atoms with E-state index in [9.17, 15) is 27.6 Å². The van der Waals surface area contributed by atoms with Gasteiger partial charge in [-0.1, -0.05) is 51.8 Å². The van der Waals surface area contributed by atoms with Crippen molar-refractivity contribution in [3.05, 3.63) is 29.3 Å². The molecule has 1 N–H and O–H groups in total. The molecule has 1 aromatic heterocycles. The number of likely N-dealkylation sites (tertiary alicyclic amines) is 1. The molecule has 0 unspecified atom stereocenters. The van der Waals surface area contributed by atoms with Crippen LogP contribution in [0.3, 0.4) is 0 Å². The number of fused-ring (bicyclic) bond motifs is 1. The first-order valence-electron chi connectivity index (χ1n) is 21.0. The molecule has 332 valence electrons. The van der Waals surface area contributed by atoms with E-state index in [1.54, 1.807) is 45.9 Å². The summed E-state index contributed by atoms with van der Waals surface area (Å²) in [6.07, 6.45) is 0.772. The Balaban J connectivity index is 1.28. The number of nitrogens with one attached hydrogen (secondary N) is 1. The molecule has 15 nitrogen and oxygen atoms in total. The number of halogens is 1. The lowest BCUT2D eigenvalue weighted by Crippen LogP contribution is -2.49. The molecule has 17 heteroatoms. The summed E-state index contributed by atoms with van der Waals surface area (Å²) in [5.41, 5.74) is -3.19. The largest absolute Gasteiger partial charge is 0.488 e. The molecular weight excluding hydrogens is 816 g/mol. The van der Waals surface area contributed by atoms with Crippen LogP contribution in [0.2, 0.25) is 5.02 Å². The molecule has 2 amide bonds. The maximum atomic E-state index is 14.8. The van der Waals surface area contributed by atoms with Gasteiger partial charge < -0.3 is 23.8 Å². The third-order valence-corrected chi connectivity index (χ3v) is 13.3. The maximum Gasteiger partial charge on any atom is 0.362 e. The molecule has 0 spiro atoms. The highest BCUT2D eigenvalue weighted by Crippen LogP contribution is 2.58. The molecule has 4 aliphatic rings. The number of carbonyl (C=O) groups excluding carboxylic acids is 4. The highest BCUT2D eigenvalue weighted by Gasteiger charge is 2.62. The summed E-state index contributed by atoms with van der Waals surface area (Å²) >= 11 is 6.64. The molecular formula is C43H61ClN4O11S. The van der Waals surface area contributed by atoms with Crippen molar-refractivity contribution >= 4 is 56.4 Å². The van der Waals surface area contributed by atoms with Crippen molar-refractivity contribution in [2.24, 2.45) is 22.7 Å². The summed E-state index contributed by atoms with van der Waals surface area (Å²) in [6.45, 7) is 18.3. The van der Waals surface area contributed by atoms with Gasteiger partial charge in [0.05, 0.1) is 59.7 Å². The minimum absolute atomic E-state index is 0.00898. The first-order chi connectivity index (χ1) is 28.0. The van der Waals surface area contributed by atoms with Gasteiger partial charge in [-0.05, 0) is 70.4 Å². The van der Waals surface area contributed by atoms with Crippen molar-refractivity contribution in [3.63, 3.8) is 0 Å². The average molecular weight is 877 g/mol. The monoisotopic (exact) mass is 876 g/mol. The number of morpholine rings is 1. The van der Waals surface area contributed by atoms with Crippen LogP contribution in [0.5, 0.6) is 11.6 Å². The number of hydrogen-bond acceptors (Lipinski definition) is 13. The van der Waals surface area contributed by atoms with Crippen LogP contribution in [0.1, 0.15) is 100 Å². The van der Waals surface area contributed by atoms with Gasteiger partial charge in [-0.15, -0.1) is 0 Å². The standard InChI is InChI=1S/C43H61ClN4O11S/c1-9-27-24-43(27,39(52)46-60(53,54)59-42(8)13-14-42)25-33(49)32-21-28(26-48(32)38(51)30(40(2,3)4)22-36(50)58-41(5,6)7)57-34-23-35(45-37-29(34)11-10-12-31(37)44)56-20-17-47-15-18-55-19-16-47/h10-12,23,27-28,30,32H,9,13-22,24-26H2,1-8H3,(H,46,52)/t27-,28-,30-,32+,43-/m1/s1. The third kappa shape index (κ3) is 11.3. The Labute approximate surface area is 358 Å². The summed E-state index contributed by atoms with van der Waals surface area (Å²) in [5, 5.41) is 0.996. The molecule has 4 fully saturated rings. The van der Waals surface area contributed by atoms with Gasteiger partial charge in [-0.25, -0.2) is 13.9 Å². The molecule has 2 saturated carbocycles. The lowest BCUT2D eigenvalue weighted by Gasteiger charge is -2.35. The number of para-hydroxylation sites is 1. The average Bonchev–Trinajstić information content (AvgIpc) is 4.01. The van der Waals surface area contributed by atoms with E-state index in [4.69, 9.17) is 34.7 Å². The Bertz CT molecular complexity index is 2060. The molecule has 2 aromatic rings. The smallest absolute Gasteiger partial charge is 0.362 e. The van der Waals surface area contributed by atoms with E-state index in [0.29, 0.717) is 79.6 Å². The highest BCUT2D eigenvalue weighted by molar-refractivity contribution is 7.85. The van der Waals surface area contributed by atoms with Crippen LogP contribution in [-0.2, 0) is 43.1 Å². The van der Waals surface area contributed by atoms with Crippen molar-refractivity contribution in [2.45, 2.75) is 124 Å². The van der Waals surface area contributed by atoms with Gasteiger partial charge in [0.2, 0.25) is 17.7 Å². The minimum atomic E-state index is -4.43. The number of hydrogen-bond donors (Lipinski definition) is 1. The summed E-state index contributed by atoms with van der Waals surface area (Å²) in [7, 11) is -4.43. The molecule has 0 bridgehead atoms. The molecule has 2 aliphatic heterocycles. The number of benzene rings is 1. The van der Waals surface area contributed by atoms with Crippen molar-refractivity contribution in [2.75, 3.05) is 46.0 Å². The number of ketones is 1. The van der Waals surface area contributed by atoms with Gasteiger partial charge in [0, 0.05) is 43.9 Å². The van der Waals surface area contributed by atoms with Crippen LogP contribution >= 0.6 is 11.6 Å². The summed E-state index contributed by atoms with van der Waals surface area (Å²) in [6, 6.07) is 5.95. The van der Waals surface area contributed by atoms with Crippen LogP contribution in [0, 0.1) is 22.7 Å². The summed E-state index contributed by atoms with van der Waals surface area (Å²) in [5.74, 6) is -2.62. The van der Waals surface area contributed by atoms with Crippen LogP contribution in [0.25, 0.3) is 10.9 Å². The van der Waals surface area contributed by atoms with E-state index in [2.05, 4.69) is 14.6 Å². The topological polar surface area (TPSA) is 180 Å². The van der Waals surface area contributed by atoms with Crippen molar-refractivity contribution in [3.8, 4) is 11.6 Å². The number of aromatic nitrogens is 1. The van der Waals surface area contributed by atoms with E-state index >= 15 is 0 Å². The highest BCUT2D eigenvalue weighted by atomic mass is 35.5. The number of rotatable bonds is 17. The van der Waals surface area contributed by atoms with Gasteiger partial charge in [0.25, 0.3) is 0 Å². The fraction of sp³-hybridized carbons (Fsp3) is 0.698. The Morgan fingerprint density at radius 1 is 1.08 bits per heavy atom. The molecule has 6 rings (SSSR count). The van der Waals surface area contributed by atoms with Gasteiger partial charge in [-0.3, -0.25) is 24.1 Å². The fourth-order valence-electron chi connectivity index (χ4n) is 8.24. The van der Waals surface area contributed by atoms with E-state index in [1.165, 1.54) is 4.90 Å². The van der Waals surface area contributed by atoms with Crippen molar-refractivity contribution in [1.29, 1.82) is 0 Å². The number of nitrogens with zero attached hydrogens (tertiary/aromatic N) is 3. The number of ether oxygens (including phenoxy) is 4. The quantitative estimate of drug-likeness (QED) is 0.193. The van der Waals surface area contributed by atoms with Gasteiger partial charge in [0.15, 0.2) is 5.78 Å². The van der Waals surface area contributed by atoms with E-state index in [0.717, 1.165) is 13.1 Å². The Morgan fingerprint density at radius 3 is 2.40 bits per heavy atom. The molecule has 1 aromatic carbocycles. The number of amides is 2. The third-order valence-electron chi connectivity index (χ3n) is 12.0. The van der Waals surface area contributed by atoms with Crippen LogP contribution in [-0.4, -0.2) is 116 Å². The van der Waals surface area contributed by atoms with Crippen LogP contribution < -0.4 is 14.2 Å². The predicted octanol–water partition coefficient (Wildman–Crippen LogP) is 5.65. The SMILES string of the molecule is CC[C@@H]1C[C@]1(CC(=O)[C@@H]1C[C@@H](Oc2cc(OCCN3CCOCC3)nc3c(Cl)cccc23)CN1C(=O)[C@@H](CC(=O)OC(C)(C)C)C(C)(C)C)C(=O)NS(=O)(=O)OC1(C)CC1. The predicted molar refractivity (Wildman–Crippen MR) is 224 cm³/mol. The second kappa shape index (κ2) is 17.7. The second-order valence-corrected chi connectivity index (χ2v) is 20.8. The molecule has 5 atom stereocenters. The van der Waals surface area contributed by atoms with E-state index in [1.807, 2.05) is 33.8 Å². The Kier molecular flexibility index (Phi) is 13.5. The van der Waals surface area contributed by atoms with Gasteiger partial charge in [0.1, 0.15) is 24.1 Å². The Morgan fingerprint density at radius 2 is 1.78 bits per heavy atom. The van der Waals surface area contributed by atoms with E-state index < -0.39 is 74.0 Å². The number of esters is 1. The molecule has 0 radical (unpaired) electrons. The van der Waals surface area contributed by atoms with Crippen molar-refractivity contribution in [1.82, 2.24) is 19.5 Å².